The third-order valence-corrected chi connectivity index (χ3v) is 5.49. The summed E-state index contributed by atoms with van der Waals surface area (Å²) in [6.45, 7) is 8.21. The van der Waals surface area contributed by atoms with E-state index >= 15 is 0 Å². The maximum absolute atomic E-state index is 12.0. The molecule has 0 amide bonds. The molecule has 1 aliphatic heterocycles. The van der Waals surface area contributed by atoms with Gasteiger partial charge in [-0.25, -0.2) is 4.68 Å². The molecule has 2 heterocycles. The zero-order valence-electron chi connectivity index (χ0n) is 17.7. The molecule has 2 aromatic rings. The van der Waals surface area contributed by atoms with Crippen LogP contribution < -0.4 is 5.32 Å². The lowest BCUT2D eigenvalue weighted by atomic mass is 9.99. The van der Waals surface area contributed by atoms with Gasteiger partial charge < -0.3 is 15.0 Å². The Morgan fingerprint density at radius 2 is 1.97 bits per heavy atom. The van der Waals surface area contributed by atoms with E-state index in [2.05, 4.69) is 29.1 Å². The number of hydrogen-bond acceptors (Lipinski definition) is 4. The molecule has 1 saturated heterocycles. The molecule has 0 saturated carbocycles. The first kappa shape index (κ1) is 23.2. The van der Waals surface area contributed by atoms with Crippen molar-refractivity contribution < 1.29 is 9.53 Å². The summed E-state index contributed by atoms with van der Waals surface area (Å²) in [5.74, 6) is 0.758. The van der Waals surface area contributed by atoms with E-state index in [1.54, 1.807) is 7.05 Å². The van der Waals surface area contributed by atoms with Crippen molar-refractivity contribution in [2.45, 2.75) is 27.3 Å². The molecular formula is C21H30IN5O2. The van der Waals surface area contributed by atoms with Gasteiger partial charge in [0.15, 0.2) is 5.96 Å². The number of aromatic nitrogens is 2. The van der Waals surface area contributed by atoms with E-state index in [0.29, 0.717) is 13.1 Å². The van der Waals surface area contributed by atoms with Crippen molar-refractivity contribution in [2.24, 2.45) is 16.8 Å². The molecule has 0 spiro atoms. The van der Waals surface area contributed by atoms with Crippen LogP contribution in [0.5, 0.6) is 0 Å². The fourth-order valence-electron chi connectivity index (χ4n) is 3.85. The van der Waals surface area contributed by atoms with Crippen LogP contribution in [-0.4, -0.2) is 53.9 Å². The second-order valence-corrected chi connectivity index (χ2v) is 7.31. The number of aliphatic imine (C=N–C) groups is 1. The van der Waals surface area contributed by atoms with Crippen molar-refractivity contribution in [2.75, 3.05) is 27.2 Å². The molecule has 29 heavy (non-hydrogen) atoms. The second kappa shape index (κ2) is 10.1. The highest BCUT2D eigenvalue weighted by Gasteiger charge is 2.36. The molecule has 158 valence electrons. The maximum atomic E-state index is 12.0. The summed E-state index contributed by atoms with van der Waals surface area (Å²) in [6, 6.07) is 10.1. The minimum atomic E-state index is -0.152. The summed E-state index contributed by atoms with van der Waals surface area (Å²) >= 11 is 0. The topological polar surface area (TPSA) is 71.8 Å². The molecule has 1 aromatic heterocycles. The predicted octanol–water partition coefficient (Wildman–Crippen LogP) is 2.92. The molecule has 0 radical (unpaired) electrons. The number of nitrogens with one attached hydrogen (secondary N) is 1. The minimum Gasteiger partial charge on any atom is -0.469 e. The summed E-state index contributed by atoms with van der Waals surface area (Å²) in [5, 5.41) is 8.14. The fraction of sp³-hybridized carbons (Fsp3) is 0.476. The molecule has 1 N–H and O–H groups in total. The summed E-state index contributed by atoms with van der Waals surface area (Å²) in [5.41, 5.74) is 4.30. The number of carbonyl (C=O) groups is 1. The van der Waals surface area contributed by atoms with Crippen LogP contribution in [0.3, 0.4) is 0 Å². The van der Waals surface area contributed by atoms with Crippen molar-refractivity contribution >= 4 is 35.9 Å². The van der Waals surface area contributed by atoms with Crippen molar-refractivity contribution in [3.05, 3.63) is 47.3 Å². The number of guanidine groups is 1. The average molecular weight is 511 g/mol. The molecule has 8 heteroatoms. The summed E-state index contributed by atoms with van der Waals surface area (Å²) in [4.78, 5) is 18.5. The number of nitrogens with zero attached hydrogens (tertiary/aromatic N) is 4. The number of methoxy groups -OCH3 is 1. The summed E-state index contributed by atoms with van der Waals surface area (Å²) in [7, 11) is 3.21. The van der Waals surface area contributed by atoms with Crippen molar-refractivity contribution in [3.63, 3.8) is 0 Å². The van der Waals surface area contributed by atoms with Gasteiger partial charge in [-0.1, -0.05) is 25.1 Å². The van der Waals surface area contributed by atoms with Gasteiger partial charge in [-0.3, -0.25) is 9.79 Å². The van der Waals surface area contributed by atoms with Gasteiger partial charge in [-0.2, -0.15) is 5.10 Å². The normalized spacial score (nSPS) is 19.1. The number of hydrogen-bond donors (Lipinski definition) is 1. The number of carbonyl (C=O) groups excluding carboxylic acids is 1. The van der Waals surface area contributed by atoms with E-state index in [-0.39, 0.29) is 41.8 Å². The fourth-order valence-corrected chi connectivity index (χ4v) is 3.85. The Labute approximate surface area is 189 Å². The number of aryl methyl sites for hydroxylation is 1. The number of benzene rings is 1. The largest absolute Gasteiger partial charge is 0.469 e. The lowest BCUT2D eigenvalue weighted by Gasteiger charge is -2.21. The monoisotopic (exact) mass is 511 g/mol. The van der Waals surface area contributed by atoms with E-state index < -0.39 is 0 Å². The minimum absolute atomic E-state index is 0. The highest BCUT2D eigenvalue weighted by molar-refractivity contribution is 14.0. The number of likely N-dealkylation sites (tertiary alicyclic amines) is 1. The molecule has 3 rings (SSSR count). The third-order valence-electron chi connectivity index (χ3n) is 5.49. The summed E-state index contributed by atoms with van der Waals surface area (Å²) in [6.07, 6.45) is 0. The standard InChI is InChI=1S/C21H29N5O2.HI/c1-14-12-25(13-19(14)20(27)28-5)21(22-4)23-11-18-15(2)24-26(16(18)3)17-9-7-6-8-10-17;/h6-10,14,19H,11-13H2,1-5H3,(H,22,23);1H. The van der Waals surface area contributed by atoms with Gasteiger partial charge in [0.05, 0.1) is 24.4 Å². The molecular weight excluding hydrogens is 481 g/mol. The van der Waals surface area contributed by atoms with Crippen LogP contribution in [0.1, 0.15) is 23.9 Å². The Hall–Kier alpha value is -2.10. The Bertz CT molecular complexity index is 865. The highest BCUT2D eigenvalue weighted by Crippen LogP contribution is 2.24. The van der Waals surface area contributed by atoms with Crippen LogP contribution in [0.15, 0.2) is 35.3 Å². The number of rotatable bonds is 4. The van der Waals surface area contributed by atoms with Gasteiger partial charge in [0, 0.05) is 37.9 Å². The lowest BCUT2D eigenvalue weighted by Crippen LogP contribution is -2.40. The molecule has 1 aromatic carbocycles. The van der Waals surface area contributed by atoms with Crippen molar-refractivity contribution in [1.29, 1.82) is 0 Å². The van der Waals surface area contributed by atoms with E-state index in [0.717, 1.165) is 35.1 Å². The zero-order chi connectivity index (χ0) is 20.3. The quantitative estimate of drug-likeness (QED) is 0.296. The SMILES string of the molecule is CN=C(NCc1c(C)nn(-c2ccccc2)c1C)N1CC(C)C(C(=O)OC)C1.I. The Morgan fingerprint density at radius 1 is 1.28 bits per heavy atom. The van der Waals surface area contributed by atoms with Crippen LogP contribution in [0.2, 0.25) is 0 Å². The molecule has 7 nitrogen and oxygen atoms in total. The van der Waals surface area contributed by atoms with Gasteiger partial charge in [0.25, 0.3) is 0 Å². The highest BCUT2D eigenvalue weighted by atomic mass is 127. The van der Waals surface area contributed by atoms with E-state index in [4.69, 9.17) is 9.84 Å². The first-order valence-corrected chi connectivity index (χ1v) is 9.60. The molecule has 1 aliphatic rings. The third kappa shape index (κ3) is 4.91. The number of esters is 1. The molecule has 2 atom stereocenters. The van der Waals surface area contributed by atoms with E-state index in [1.165, 1.54) is 7.11 Å². The Morgan fingerprint density at radius 3 is 2.59 bits per heavy atom. The van der Waals surface area contributed by atoms with Gasteiger partial charge in [-0.05, 0) is 31.9 Å². The van der Waals surface area contributed by atoms with Gasteiger partial charge in [0.2, 0.25) is 0 Å². The summed E-state index contributed by atoms with van der Waals surface area (Å²) < 4.78 is 6.91. The molecule has 0 bridgehead atoms. The Balaban J connectivity index is 0.00000300. The number of halogens is 1. The lowest BCUT2D eigenvalue weighted by molar-refractivity contribution is -0.145. The molecule has 2 unspecified atom stereocenters. The maximum Gasteiger partial charge on any atom is 0.310 e. The number of ether oxygens (including phenoxy) is 1. The van der Waals surface area contributed by atoms with Gasteiger partial charge in [0.1, 0.15) is 0 Å². The second-order valence-electron chi connectivity index (χ2n) is 7.31. The first-order valence-electron chi connectivity index (χ1n) is 9.60. The first-order chi connectivity index (χ1) is 13.5. The van der Waals surface area contributed by atoms with Crippen molar-refractivity contribution in [1.82, 2.24) is 20.0 Å². The van der Waals surface area contributed by atoms with Crippen LogP contribution >= 0.6 is 24.0 Å². The van der Waals surface area contributed by atoms with Crippen LogP contribution in [0, 0.1) is 25.7 Å². The van der Waals surface area contributed by atoms with Crippen LogP contribution in [0.4, 0.5) is 0 Å². The average Bonchev–Trinajstić information content (AvgIpc) is 3.22. The molecule has 0 aliphatic carbocycles. The number of para-hydroxylation sites is 1. The van der Waals surface area contributed by atoms with E-state index in [1.807, 2.05) is 41.9 Å². The Kier molecular flexibility index (Phi) is 8.06. The van der Waals surface area contributed by atoms with Gasteiger partial charge in [-0.15, -0.1) is 24.0 Å². The molecule has 1 fully saturated rings. The zero-order valence-corrected chi connectivity index (χ0v) is 20.0. The van der Waals surface area contributed by atoms with Crippen LogP contribution in [0.25, 0.3) is 5.69 Å². The van der Waals surface area contributed by atoms with E-state index in [9.17, 15) is 4.79 Å². The van der Waals surface area contributed by atoms with Crippen LogP contribution in [-0.2, 0) is 16.1 Å². The predicted molar refractivity (Wildman–Crippen MR) is 125 cm³/mol. The smallest absolute Gasteiger partial charge is 0.310 e. The van der Waals surface area contributed by atoms with Crippen molar-refractivity contribution in [3.8, 4) is 5.69 Å². The van der Waals surface area contributed by atoms with Gasteiger partial charge >= 0.3 is 5.97 Å².